The number of benzene rings is 1. The molecule has 3 rings (SSSR count). The monoisotopic (exact) mass is 312 g/mol. The van der Waals surface area contributed by atoms with E-state index in [9.17, 15) is 9.59 Å². The molecule has 1 aromatic carbocycles. The van der Waals surface area contributed by atoms with Crippen LogP contribution in [0.25, 0.3) is 5.69 Å². The molecule has 1 aromatic heterocycles. The molecule has 1 fully saturated rings. The molecule has 0 spiro atoms. The Kier molecular flexibility index (Phi) is 3.94. The molecule has 1 aliphatic rings. The highest BCUT2D eigenvalue weighted by atomic mass is 16.4. The molecule has 1 atom stereocenters. The first-order chi connectivity index (χ1) is 11.0. The third-order valence-corrected chi connectivity index (χ3v) is 4.50. The van der Waals surface area contributed by atoms with Crippen LogP contribution in [0.3, 0.4) is 0 Å². The van der Waals surface area contributed by atoms with Gasteiger partial charge < -0.3 is 14.6 Å². The van der Waals surface area contributed by atoms with Crippen LogP contribution in [0, 0.1) is 19.8 Å². The fourth-order valence-corrected chi connectivity index (χ4v) is 3.27. The third kappa shape index (κ3) is 2.74. The number of likely N-dealkylation sites (tertiary alicyclic amines) is 1. The summed E-state index contributed by atoms with van der Waals surface area (Å²) in [6.45, 7) is 4.70. The Labute approximate surface area is 135 Å². The Hall–Kier alpha value is -2.56. The van der Waals surface area contributed by atoms with E-state index in [2.05, 4.69) is 4.57 Å². The SMILES string of the molecule is Cc1cc(C(=O)N2CC[C@H](C(=O)O)C2)c(C)n1-c1ccccc1. The summed E-state index contributed by atoms with van der Waals surface area (Å²) < 4.78 is 2.05. The van der Waals surface area contributed by atoms with E-state index >= 15 is 0 Å². The van der Waals surface area contributed by atoms with Crippen LogP contribution in [0.2, 0.25) is 0 Å². The molecule has 23 heavy (non-hydrogen) atoms. The topological polar surface area (TPSA) is 62.5 Å². The standard InChI is InChI=1S/C18H20N2O3/c1-12-10-16(13(2)20(12)15-6-4-3-5-7-15)17(21)19-9-8-14(11-19)18(22)23/h3-7,10,14H,8-9,11H2,1-2H3,(H,22,23)/t14-/m0/s1. The van der Waals surface area contributed by atoms with Crippen molar-refractivity contribution in [3.05, 3.63) is 53.3 Å². The van der Waals surface area contributed by atoms with Crippen molar-refractivity contribution in [3.63, 3.8) is 0 Å². The van der Waals surface area contributed by atoms with Crippen LogP contribution in [-0.4, -0.2) is 39.5 Å². The van der Waals surface area contributed by atoms with Crippen LogP contribution in [0.1, 0.15) is 28.2 Å². The average Bonchev–Trinajstić information content (AvgIpc) is 3.13. The number of aromatic nitrogens is 1. The molecule has 1 amide bonds. The van der Waals surface area contributed by atoms with E-state index in [4.69, 9.17) is 5.11 Å². The summed E-state index contributed by atoms with van der Waals surface area (Å²) in [7, 11) is 0. The third-order valence-electron chi connectivity index (χ3n) is 4.50. The van der Waals surface area contributed by atoms with Gasteiger partial charge in [0.1, 0.15) is 0 Å². The molecule has 2 heterocycles. The summed E-state index contributed by atoms with van der Waals surface area (Å²) in [6.07, 6.45) is 0.526. The Balaban J connectivity index is 1.90. The van der Waals surface area contributed by atoms with Crippen LogP contribution in [0.15, 0.2) is 36.4 Å². The normalized spacial score (nSPS) is 17.5. The van der Waals surface area contributed by atoms with Gasteiger partial charge in [-0.05, 0) is 38.5 Å². The second-order valence-corrected chi connectivity index (χ2v) is 6.03. The van der Waals surface area contributed by atoms with Gasteiger partial charge in [-0.25, -0.2) is 0 Å². The van der Waals surface area contributed by atoms with Gasteiger partial charge in [-0.3, -0.25) is 9.59 Å². The Morgan fingerprint density at radius 3 is 2.48 bits per heavy atom. The van der Waals surface area contributed by atoms with Gasteiger partial charge in [0.2, 0.25) is 0 Å². The maximum atomic E-state index is 12.8. The summed E-state index contributed by atoms with van der Waals surface area (Å²) in [6, 6.07) is 11.8. The Morgan fingerprint density at radius 2 is 1.87 bits per heavy atom. The second kappa shape index (κ2) is 5.91. The lowest BCUT2D eigenvalue weighted by Gasteiger charge is -2.16. The number of hydrogen-bond donors (Lipinski definition) is 1. The van der Waals surface area contributed by atoms with Crippen LogP contribution >= 0.6 is 0 Å². The van der Waals surface area contributed by atoms with Gasteiger partial charge in [0.25, 0.3) is 5.91 Å². The van der Waals surface area contributed by atoms with Crippen molar-refractivity contribution in [2.75, 3.05) is 13.1 Å². The summed E-state index contributed by atoms with van der Waals surface area (Å²) in [4.78, 5) is 25.5. The predicted molar refractivity (Wildman–Crippen MR) is 86.9 cm³/mol. The largest absolute Gasteiger partial charge is 0.481 e. The van der Waals surface area contributed by atoms with Crippen LogP contribution in [0.4, 0.5) is 0 Å². The zero-order valence-electron chi connectivity index (χ0n) is 13.3. The Bertz CT molecular complexity index is 749. The number of carboxylic acids is 1. The number of aryl methyl sites for hydroxylation is 1. The summed E-state index contributed by atoms with van der Waals surface area (Å²) in [5.74, 6) is -1.35. The summed E-state index contributed by atoms with van der Waals surface area (Å²) in [5.41, 5.74) is 3.55. The summed E-state index contributed by atoms with van der Waals surface area (Å²) in [5, 5.41) is 9.09. The lowest BCUT2D eigenvalue weighted by Crippen LogP contribution is -2.30. The second-order valence-electron chi connectivity index (χ2n) is 6.03. The number of aliphatic carboxylic acids is 1. The van der Waals surface area contributed by atoms with E-state index in [1.807, 2.05) is 50.2 Å². The van der Waals surface area contributed by atoms with Crippen molar-refractivity contribution in [3.8, 4) is 5.69 Å². The number of rotatable bonds is 3. The maximum Gasteiger partial charge on any atom is 0.308 e. The van der Waals surface area contributed by atoms with E-state index in [0.29, 0.717) is 25.1 Å². The number of para-hydroxylation sites is 1. The van der Waals surface area contributed by atoms with Crippen LogP contribution < -0.4 is 0 Å². The zero-order valence-corrected chi connectivity index (χ0v) is 13.3. The highest BCUT2D eigenvalue weighted by Gasteiger charge is 2.32. The molecule has 5 nitrogen and oxygen atoms in total. The molecule has 120 valence electrons. The van der Waals surface area contributed by atoms with Gasteiger partial charge >= 0.3 is 5.97 Å². The number of carbonyl (C=O) groups is 2. The van der Waals surface area contributed by atoms with Gasteiger partial charge in [-0.1, -0.05) is 18.2 Å². The number of amides is 1. The molecule has 0 saturated carbocycles. The average molecular weight is 312 g/mol. The lowest BCUT2D eigenvalue weighted by molar-refractivity contribution is -0.141. The molecule has 1 aliphatic heterocycles. The van der Waals surface area contributed by atoms with Crippen molar-refractivity contribution in [2.45, 2.75) is 20.3 Å². The first kappa shape index (κ1) is 15.3. The molecule has 1 saturated heterocycles. The van der Waals surface area contributed by atoms with Gasteiger partial charge in [0.15, 0.2) is 0 Å². The minimum atomic E-state index is -0.824. The molecule has 0 aliphatic carbocycles. The number of carbonyl (C=O) groups excluding carboxylic acids is 1. The van der Waals surface area contributed by atoms with Crippen molar-refractivity contribution in [1.29, 1.82) is 0 Å². The minimum Gasteiger partial charge on any atom is -0.481 e. The van der Waals surface area contributed by atoms with Gasteiger partial charge in [0.05, 0.1) is 11.5 Å². The summed E-state index contributed by atoms with van der Waals surface area (Å²) >= 11 is 0. The zero-order chi connectivity index (χ0) is 16.6. The smallest absolute Gasteiger partial charge is 0.308 e. The molecule has 0 bridgehead atoms. The van der Waals surface area contributed by atoms with E-state index < -0.39 is 11.9 Å². The van der Waals surface area contributed by atoms with Crippen molar-refractivity contribution < 1.29 is 14.7 Å². The van der Waals surface area contributed by atoms with Crippen LogP contribution in [0.5, 0.6) is 0 Å². The first-order valence-corrected chi connectivity index (χ1v) is 7.75. The number of nitrogens with zero attached hydrogens (tertiary/aromatic N) is 2. The molecule has 1 N–H and O–H groups in total. The molecule has 0 radical (unpaired) electrons. The minimum absolute atomic E-state index is 0.0796. The first-order valence-electron chi connectivity index (χ1n) is 7.75. The molecule has 0 unspecified atom stereocenters. The molecule has 2 aromatic rings. The number of hydrogen-bond acceptors (Lipinski definition) is 2. The fraction of sp³-hybridized carbons (Fsp3) is 0.333. The van der Waals surface area contributed by atoms with E-state index in [1.165, 1.54) is 0 Å². The molecule has 5 heteroatoms. The molecular weight excluding hydrogens is 292 g/mol. The van der Waals surface area contributed by atoms with Crippen molar-refractivity contribution in [1.82, 2.24) is 9.47 Å². The van der Waals surface area contributed by atoms with Crippen LogP contribution in [-0.2, 0) is 4.79 Å². The highest BCUT2D eigenvalue weighted by Crippen LogP contribution is 2.24. The van der Waals surface area contributed by atoms with E-state index in [0.717, 1.165) is 17.1 Å². The lowest BCUT2D eigenvalue weighted by atomic mass is 10.1. The van der Waals surface area contributed by atoms with Gasteiger partial charge in [-0.2, -0.15) is 0 Å². The quantitative estimate of drug-likeness (QED) is 0.947. The van der Waals surface area contributed by atoms with Gasteiger partial charge in [-0.15, -0.1) is 0 Å². The van der Waals surface area contributed by atoms with E-state index in [-0.39, 0.29) is 5.91 Å². The van der Waals surface area contributed by atoms with Crippen molar-refractivity contribution >= 4 is 11.9 Å². The molecular formula is C18H20N2O3. The maximum absolute atomic E-state index is 12.8. The predicted octanol–water partition coefficient (Wildman–Crippen LogP) is 2.64. The Morgan fingerprint density at radius 1 is 1.17 bits per heavy atom. The number of carboxylic acid groups (broad SMARTS) is 1. The van der Waals surface area contributed by atoms with Crippen molar-refractivity contribution in [2.24, 2.45) is 5.92 Å². The van der Waals surface area contributed by atoms with E-state index in [1.54, 1.807) is 4.90 Å². The van der Waals surface area contributed by atoms with Gasteiger partial charge in [0, 0.05) is 30.2 Å². The highest BCUT2D eigenvalue weighted by molar-refractivity contribution is 5.96. The fourth-order valence-electron chi connectivity index (χ4n) is 3.27.